The minimum absolute atomic E-state index is 0.107. The number of esters is 1. The number of allylic oxidation sites excluding steroid dienone is 1. The van der Waals surface area contributed by atoms with Crippen molar-refractivity contribution in [3.8, 4) is 5.75 Å². The fraction of sp³-hybridized carbons (Fsp3) is 0.389. The van der Waals surface area contributed by atoms with Gasteiger partial charge in [0.05, 0.1) is 7.11 Å². The normalized spacial score (nSPS) is 19.2. The molecule has 31 heavy (non-hydrogen) atoms. The summed E-state index contributed by atoms with van der Waals surface area (Å²) in [5, 5.41) is 11.2. The molecule has 170 valence electrons. The van der Waals surface area contributed by atoms with Crippen molar-refractivity contribution in [2.45, 2.75) is 28.7 Å². The molecule has 0 radical (unpaired) electrons. The number of nitrogens with zero attached hydrogens (tertiary/aromatic N) is 1. The third kappa shape index (κ3) is 6.73. The molecule has 2 N–H and O–H groups in total. The Labute approximate surface area is 198 Å². The summed E-state index contributed by atoms with van der Waals surface area (Å²) in [4.78, 5) is 37.6. The average molecular weight is 514 g/mol. The number of hydrogen-bond acceptors (Lipinski definition) is 8. The first-order valence-electron chi connectivity index (χ1n) is 8.65. The molecule has 9 nitrogen and oxygen atoms in total. The second kappa shape index (κ2) is 10.5. The number of aliphatic hydroxyl groups is 1. The van der Waals surface area contributed by atoms with E-state index in [1.54, 1.807) is 24.3 Å². The van der Waals surface area contributed by atoms with Crippen LogP contribution in [0.4, 0.5) is 4.79 Å². The van der Waals surface area contributed by atoms with Crippen LogP contribution in [0.1, 0.15) is 12.5 Å². The van der Waals surface area contributed by atoms with Gasteiger partial charge in [-0.1, -0.05) is 46.9 Å². The van der Waals surface area contributed by atoms with Gasteiger partial charge in [0.2, 0.25) is 3.79 Å². The van der Waals surface area contributed by atoms with Crippen LogP contribution in [0.25, 0.3) is 0 Å². The Morgan fingerprint density at radius 2 is 1.84 bits per heavy atom. The molecule has 2 atom stereocenters. The number of benzene rings is 1. The number of alkyl carbamates (subject to hydrolysis) is 1. The van der Waals surface area contributed by atoms with Gasteiger partial charge >= 0.3 is 12.1 Å². The van der Waals surface area contributed by atoms with Crippen LogP contribution in [0, 0.1) is 0 Å². The summed E-state index contributed by atoms with van der Waals surface area (Å²) in [7, 11) is 1.52. The van der Waals surface area contributed by atoms with Crippen molar-refractivity contribution in [1.82, 2.24) is 10.2 Å². The van der Waals surface area contributed by atoms with Gasteiger partial charge in [-0.3, -0.25) is 9.69 Å². The molecule has 1 aliphatic rings. The monoisotopic (exact) mass is 512 g/mol. The second-order valence-corrected chi connectivity index (χ2v) is 9.34. The number of methoxy groups -OCH3 is 1. The lowest BCUT2D eigenvalue weighted by atomic mass is 10.1. The number of ether oxygens (including phenoxy) is 3. The zero-order valence-corrected chi connectivity index (χ0v) is 19.5. The van der Waals surface area contributed by atoms with Crippen LogP contribution in [-0.4, -0.2) is 56.9 Å². The number of alkyl halides is 3. The summed E-state index contributed by atoms with van der Waals surface area (Å²) < 4.78 is 13.1. The highest BCUT2D eigenvalue weighted by Crippen LogP contribution is 2.31. The van der Waals surface area contributed by atoms with Gasteiger partial charge in [0.15, 0.2) is 5.70 Å². The minimum atomic E-state index is -1.81. The highest BCUT2D eigenvalue weighted by atomic mass is 35.6. The first-order chi connectivity index (χ1) is 14.4. The standard InChI is InChI=1S/C18H19Cl3N2O7S/c1-9(24)13(16(26)29-7-10-3-5-11(28-2)6-4-10)23-14(25)12(15(23)31)22-17(27)30-8-18(19,20)21/h3-6,12,15,24,31H,7-8H2,1-2H3,(H,22,27)/b13-9-. The Morgan fingerprint density at radius 3 is 2.32 bits per heavy atom. The van der Waals surface area contributed by atoms with E-state index in [9.17, 15) is 19.5 Å². The Hall–Kier alpha value is -2.01. The van der Waals surface area contributed by atoms with Crippen molar-refractivity contribution in [2.24, 2.45) is 0 Å². The number of hydrogen-bond donors (Lipinski definition) is 3. The van der Waals surface area contributed by atoms with Crippen LogP contribution in [0.5, 0.6) is 5.75 Å². The highest BCUT2D eigenvalue weighted by molar-refractivity contribution is 7.81. The van der Waals surface area contributed by atoms with Gasteiger partial charge in [-0.15, -0.1) is 0 Å². The summed E-state index contributed by atoms with van der Waals surface area (Å²) in [5.74, 6) is -1.47. The van der Waals surface area contributed by atoms with Gasteiger partial charge in [0.25, 0.3) is 5.91 Å². The van der Waals surface area contributed by atoms with Crippen LogP contribution in [0.2, 0.25) is 0 Å². The molecule has 1 aromatic carbocycles. The SMILES string of the molecule is COc1ccc(COC(=O)/C(=C(\C)O)N2C(=O)C(NC(=O)OCC(Cl)(Cl)Cl)C2S)cc1. The van der Waals surface area contributed by atoms with E-state index in [1.165, 1.54) is 14.0 Å². The molecule has 0 saturated carbocycles. The van der Waals surface area contributed by atoms with E-state index in [4.69, 9.17) is 49.0 Å². The van der Waals surface area contributed by atoms with Crippen LogP contribution < -0.4 is 10.1 Å². The van der Waals surface area contributed by atoms with Gasteiger partial charge in [0.1, 0.15) is 36.1 Å². The van der Waals surface area contributed by atoms with Crippen molar-refractivity contribution in [3.05, 3.63) is 41.3 Å². The minimum Gasteiger partial charge on any atom is -0.510 e. The first kappa shape index (κ1) is 25.3. The van der Waals surface area contributed by atoms with Gasteiger partial charge in [0, 0.05) is 0 Å². The molecule has 2 unspecified atom stereocenters. The molecule has 1 saturated heterocycles. The van der Waals surface area contributed by atoms with Crippen LogP contribution in [-0.2, 0) is 25.7 Å². The largest absolute Gasteiger partial charge is 0.510 e. The lowest BCUT2D eigenvalue weighted by Gasteiger charge is -2.44. The van der Waals surface area contributed by atoms with Gasteiger partial charge < -0.3 is 24.6 Å². The maximum Gasteiger partial charge on any atom is 0.408 e. The van der Waals surface area contributed by atoms with Crippen molar-refractivity contribution in [2.75, 3.05) is 13.7 Å². The van der Waals surface area contributed by atoms with Crippen LogP contribution >= 0.6 is 47.4 Å². The Morgan fingerprint density at radius 1 is 1.23 bits per heavy atom. The molecule has 13 heteroatoms. The van der Waals surface area contributed by atoms with E-state index in [1.807, 2.05) is 0 Å². The quantitative estimate of drug-likeness (QED) is 0.128. The van der Waals surface area contributed by atoms with E-state index in [-0.39, 0.29) is 6.61 Å². The van der Waals surface area contributed by atoms with Gasteiger partial charge in [-0.25, -0.2) is 9.59 Å². The molecule has 1 heterocycles. The molecule has 0 bridgehead atoms. The topological polar surface area (TPSA) is 114 Å². The van der Waals surface area contributed by atoms with Gasteiger partial charge in [-0.2, -0.15) is 12.6 Å². The third-order valence-corrected chi connectivity index (χ3v) is 4.87. The zero-order valence-electron chi connectivity index (χ0n) is 16.3. The number of nitrogens with one attached hydrogen (secondary N) is 1. The van der Waals surface area contributed by atoms with Crippen molar-refractivity contribution in [3.63, 3.8) is 0 Å². The molecule has 0 aromatic heterocycles. The van der Waals surface area contributed by atoms with Crippen LogP contribution in [0.3, 0.4) is 0 Å². The molecule has 1 aromatic rings. The lowest BCUT2D eigenvalue weighted by Crippen LogP contribution is -2.68. The second-order valence-electron chi connectivity index (χ2n) is 6.29. The molecule has 0 spiro atoms. The fourth-order valence-electron chi connectivity index (χ4n) is 2.53. The van der Waals surface area contributed by atoms with Crippen LogP contribution in [0.15, 0.2) is 35.7 Å². The summed E-state index contributed by atoms with van der Waals surface area (Å²) in [5.41, 5.74) is 0.268. The van der Waals surface area contributed by atoms with Crippen molar-refractivity contribution >= 4 is 65.4 Å². The molecule has 2 rings (SSSR count). The number of carbonyl (C=O) groups excluding carboxylic acids is 3. The van der Waals surface area contributed by atoms with E-state index in [0.717, 1.165) is 4.90 Å². The van der Waals surface area contributed by atoms with Gasteiger partial charge in [-0.05, 0) is 24.6 Å². The summed E-state index contributed by atoms with van der Waals surface area (Å²) in [6.07, 6.45) is -1.02. The number of halogens is 3. The van der Waals surface area contributed by atoms with Crippen molar-refractivity contribution in [1.29, 1.82) is 0 Å². The number of β-lactam (4-membered cyclic amide) rings is 1. The lowest BCUT2D eigenvalue weighted by molar-refractivity contribution is -0.152. The summed E-state index contributed by atoms with van der Waals surface area (Å²) >= 11 is 20.7. The predicted octanol–water partition coefficient (Wildman–Crippen LogP) is 3.09. The Kier molecular flexibility index (Phi) is 8.58. The molecule has 0 aliphatic carbocycles. The number of thiol groups is 1. The fourth-order valence-corrected chi connectivity index (χ4v) is 3.12. The predicted molar refractivity (Wildman–Crippen MR) is 116 cm³/mol. The summed E-state index contributed by atoms with van der Waals surface area (Å²) in [6, 6.07) is 5.64. The Bertz CT molecular complexity index is 870. The molecule has 2 amide bonds. The Balaban J connectivity index is 1.98. The number of carbonyl (C=O) groups is 3. The van der Waals surface area contributed by atoms with E-state index in [2.05, 4.69) is 17.9 Å². The zero-order chi connectivity index (χ0) is 23.3. The summed E-state index contributed by atoms with van der Waals surface area (Å²) in [6.45, 7) is 0.571. The highest BCUT2D eigenvalue weighted by Gasteiger charge is 2.51. The first-order valence-corrected chi connectivity index (χ1v) is 10.3. The molecular weight excluding hydrogens is 495 g/mol. The number of aliphatic hydroxyl groups excluding tert-OH is 1. The number of amides is 2. The number of likely N-dealkylation sites (tertiary alicyclic amines) is 1. The molecular formula is C18H19Cl3N2O7S. The molecule has 1 aliphatic heterocycles. The van der Waals surface area contributed by atoms with E-state index >= 15 is 0 Å². The van der Waals surface area contributed by atoms with E-state index in [0.29, 0.717) is 11.3 Å². The third-order valence-electron chi connectivity index (χ3n) is 4.01. The maximum atomic E-state index is 12.5. The van der Waals surface area contributed by atoms with Crippen molar-refractivity contribution < 1.29 is 33.7 Å². The molecule has 1 fully saturated rings. The van der Waals surface area contributed by atoms with E-state index < -0.39 is 51.2 Å². The maximum absolute atomic E-state index is 12.5. The number of rotatable bonds is 7. The smallest absolute Gasteiger partial charge is 0.408 e. The average Bonchev–Trinajstić information content (AvgIpc) is 2.71.